The number of nitrogens with zero attached hydrogens (tertiary/aromatic N) is 1. The minimum absolute atomic E-state index is 0.0553. The van der Waals surface area contributed by atoms with Gasteiger partial charge in [-0.15, -0.1) is 11.3 Å². The Hall–Kier alpha value is -2.68. The summed E-state index contributed by atoms with van der Waals surface area (Å²) in [4.78, 5) is 27.6. The van der Waals surface area contributed by atoms with Crippen LogP contribution >= 0.6 is 11.3 Å². The Kier molecular flexibility index (Phi) is 6.45. The van der Waals surface area contributed by atoms with Crippen LogP contribution in [0.5, 0.6) is 5.75 Å². The summed E-state index contributed by atoms with van der Waals surface area (Å²) in [6.45, 7) is 0.366. The number of carbonyl (C=O) groups excluding carboxylic acids is 2. The van der Waals surface area contributed by atoms with Crippen LogP contribution in [0.2, 0.25) is 0 Å². The number of rotatable bonds is 9. The van der Waals surface area contributed by atoms with Crippen LogP contribution in [-0.2, 0) is 9.53 Å². The Morgan fingerprint density at radius 1 is 1.21 bits per heavy atom. The van der Waals surface area contributed by atoms with Crippen molar-refractivity contribution in [3.8, 4) is 5.75 Å². The van der Waals surface area contributed by atoms with Crippen LogP contribution < -0.4 is 4.74 Å². The number of thiophene rings is 1. The van der Waals surface area contributed by atoms with Gasteiger partial charge < -0.3 is 24.6 Å². The monoisotopic (exact) mass is 403 g/mol. The van der Waals surface area contributed by atoms with E-state index in [1.807, 2.05) is 0 Å². The van der Waals surface area contributed by atoms with Crippen LogP contribution in [0.25, 0.3) is 0 Å². The second-order valence-corrected chi connectivity index (χ2v) is 7.03. The maximum Gasteiger partial charge on any atom is 0.290 e. The van der Waals surface area contributed by atoms with Gasteiger partial charge in [0.1, 0.15) is 5.75 Å². The summed E-state index contributed by atoms with van der Waals surface area (Å²) >= 11 is 1.25. The lowest BCUT2D eigenvalue weighted by Gasteiger charge is -2.26. The molecule has 0 unspecified atom stereocenters. The van der Waals surface area contributed by atoms with Crippen molar-refractivity contribution in [1.82, 2.24) is 4.90 Å². The van der Waals surface area contributed by atoms with E-state index in [4.69, 9.17) is 14.6 Å². The van der Waals surface area contributed by atoms with Crippen molar-refractivity contribution in [2.75, 3.05) is 33.5 Å². The molecule has 2 aromatic rings. The first-order valence-corrected chi connectivity index (χ1v) is 9.61. The number of amides is 1. The van der Waals surface area contributed by atoms with Crippen molar-refractivity contribution in [3.63, 3.8) is 0 Å². The van der Waals surface area contributed by atoms with E-state index in [1.165, 1.54) is 16.2 Å². The summed E-state index contributed by atoms with van der Waals surface area (Å²) in [6, 6.07) is 9.68. The molecule has 1 amide bonds. The third-order valence-electron chi connectivity index (χ3n) is 4.44. The van der Waals surface area contributed by atoms with E-state index in [-0.39, 0.29) is 37.7 Å². The summed E-state index contributed by atoms with van der Waals surface area (Å²) in [5.41, 5.74) is 0.736. The molecule has 0 spiro atoms. The molecular weight excluding hydrogens is 382 g/mol. The van der Waals surface area contributed by atoms with Gasteiger partial charge in [-0.3, -0.25) is 9.59 Å². The number of Topliss-reactive ketones (excluding diaryl/α,β-unsaturated/α-hetero) is 1. The SMILES string of the molecule is COc1ccc([C@H]2C(C(=O)c3cccs3)=C(O)C(=O)N2CCOCCO)cc1. The second-order valence-electron chi connectivity index (χ2n) is 6.08. The highest BCUT2D eigenvalue weighted by molar-refractivity contribution is 7.12. The number of ketones is 1. The molecule has 3 rings (SSSR count). The van der Waals surface area contributed by atoms with E-state index in [1.54, 1.807) is 48.9 Å². The lowest BCUT2D eigenvalue weighted by molar-refractivity contribution is -0.130. The molecule has 2 heterocycles. The molecule has 2 N–H and O–H groups in total. The summed E-state index contributed by atoms with van der Waals surface area (Å²) in [6.07, 6.45) is 0. The molecular formula is C20H21NO6S. The molecule has 0 aliphatic carbocycles. The minimum atomic E-state index is -0.731. The highest BCUT2D eigenvalue weighted by Gasteiger charge is 2.43. The molecule has 1 aliphatic heterocycles. The zero-order valence-corrected chi connectivity index (χ0v) is 16.1. The molecule has 0 fully saturated rings. The van der Waals surface area contributed by atoms with E-state index >= 15 is 0 Å². The van der Waals surface area contributed by atoms with Crippen molar-refractivity contribution in [1.29, 1.82) is 0 Å². The Bertz CT molecular complexity index is 859. The van der Waals surface area contributed by atoms with Crippen LogP contribution in [-0.4, -0.2) is 60.3 Å². The molecule has 0 saturated heterocycles. The molecule has 1 aliphatic rings. The van der Waals surface area contributed by atoms with Gasteiger partial charge in [0.05, 0.1) is 43.4 Å². The van der Waals surface area contributed by atoms with Crippen LogP contribution in [0.4, 0.5) is 0 Å². The standard InChI is InChI=1S/C20H21NO6S/c1-26-14-6-4-13(5-7-14)17-16(18(23)15-3-2-12-28-15)19(24)20(25)21(17)8-10-27-11-9-22/h2-7,12,17,22,24H,8-11H2,1H3/t17-/m0/s1. The summed E-state index contributed by atoms with van der Waals surface area (Å²) in [5.74, 6) is -0.889. The first kappa shape index (κ1) is 20.1. The number of carbonyl (C=O) groups is 2. The fraction of sp³-hybridized carbons (Fsp3) is 0.300. The molecule has 0 saturated carbocycles. The number of benzene rings is 1. The molecule has 1 aromatic heterocycles. The van der Waals surface area contributed by atoms with Crippen LogP contribution in [0.1, 0.15) is 21.3 Å². The molecule has 8 heteroatoms. The third kappa shape index (κ3) is 3.94. The number of aliphatic hydroxyl groups is 2. The van der Waals surface area contributed by atoms with Gasteiger partial charge in [-0.1, -0.05) is 18.2 Å². The predicted octanol–water partition coefficient (Wildman–Crippen LogP) is 2.34. The Balaban J connectivity index is 1.96. The highest BCUT2D eigenvalue weighted by atomic mass is 32.1. The minimum Gasteiger partial charge on any atom is -0.503 e. The van der Waals surface area contributed by atoms with E-state index in [0.717, 1.165) is 0 Å². The van der Waals surface area contributed by atoms with Crippen LogP contribution in [0.3, 0.4) is 0 Å². The molecule has 1 aromatic carbocycles. The quantitative estimate of drug-likeness (QED) is 0.493. The fourth-order valence-electron chi connectivity index (χ4n) is 3.12. The van der Waals surface area contributed by atoms with Crippen molar-refractivity contribution >= 4 is 23.0 Å². The molecule has 1 atom stereocenters. The largest absolute Gasteiger partial charge is 0.503 e. The number of hydrogen-bond donors (Lipinski definition) is 2. The highest BCUT2D eigenvalue weighted by Crippen LogP contribution is 2.39. The fourth-order valence-corrected chi connectivity index (χ4v) is 3.80. The van der Waals surface area contributed by atoms with Gasteiger partial charge in [-0.25, -0.2) is 0 Å². The number of methoxy groups -OCH3 is 1. The van der Waals surface area contributed by atoms with Crippen LogP contribution in [0.15, 0.2) is 53.1 Å². The van der Waals surface area contributed by atoms with E-state index < -0.39 is 17.7 Å². The maximum atomic E-state index is 13.0. The van der Waals surface area contributed by atoms with E-state index in [9.17, 15) is 14.7 Å². The Labute approximate surface area is 166 Å². The van der Waals surface area contributed by atoms with Crippen LogP contribution in [0, 0.1) is 0 Å². The van der Waals surface area contributed by atoms with E-state index in [2.05, 4.69) is 0 Å². The third-order valence-corrected chi connectivity index (χ3v) is 5.31. The zero-order chi connectivity index (χ0) is 20.1. The molecule has 148 valence electrons. The predicted molar refractivity (Wildman–Crippen MR) is 104 cm³/mol. The first-order chi connectivity index (χ1) is 13.6. The van der Waals surface area contributed by atoms with Gasteiger partial charge in [0, 0.05) is 6.54 Å². The van der Waals surface area contributed by atoms with Gasteiger partial charge in [0.15, 0.2) is 5.76 Å². The summed E-state index contributed by atoms with van der Waals surface area (Å²) < 4.78 is 10.4. The van der Waals surface area contributed by atoms with Crippen molar-refractivity contribution in [2.45, 2.75) is 6.04 Å². The molecule has 28 heavy (non-hydrogen) atoms. The van der Waals surface area contributed by atoms with Gasteiger partial charge in [-0.05, 0) is 29.1 Å². The van der Waals surface area contributed by atoms with Crippen molar-refractivity contribution in [2.24, 2.45) is 0 Å². The number of aliphatic hydroxyl groups excluding tert-OH is 2. The first-order valence-electron chi connectivity index (χ1n) is 8.73. The van der Waals surface area contributed by atoms with Gasteiger partial charge in [-0.2, -0.15) is 0 Å². The normalized spacial score (nSPS) is 16.7. The zero-order valence-electron chi connectivity index (χ0n) is 15.3. The summed E-state index contributed by atoms with van der Waals surface area (Å²) in [5, 5.41) is 21.1. The Morgan fingerprint density at radius 3 is 2.57 bits per heavy atom. The van der Waals surface area contributed by atoms with Gasteiger partial charge in [0.25, 0.3) is 5.91 Å². The maximum absolute atomic E-state index is 13.0. The van der Waals surface area contributed by atoms with Gasteiger partial charge >= 0.3 is 0 Å². The second kappa shape index (κ2) is 9.01. The molecule has 0 bridgehead atoms. The summed E-state index contributed by atoms with van der Waals surface area (Å²) in [7, 11) is 1.55. The van der Waals surface area contributed by atoms with Gasteiger partial charge in [0.2, 0.25) is 5.78 Å². The number of ether oxygens (including phenoxy) is 2. The molecule has 7 nitrogen and oxygen atoms in total. The topological polar surface area (TPSA) is 96.3 Å². The Morgan fingerprint density at radius 2 is 1.96 bits per heavy atom. The number of hydrogen-bond acceptors (Lipinski definition) is 7. The molecule has 0 radical (unpaired) electrons. The average molecular weight is 403 g/mol. The van der Waals surface area contributed by atoms with Crippen molar-refractivity contribution < 1.29 is 29.3 Å². The smallest absolute Gasteiger partial charge is 0.290 e. The van der Waals surface area contributed by atoms with E-state index in [0.29, 0.717) is 16.2 Å². The average Bonchev–Trinajstić information content (AvgIpc) is 3.33. The lowest BCUT2D eigenvalue weighted by Crippen LogP contribution is -2.34. The lowest BCUT2D eigenvalue weighted by atomic mass is 9.95. The van der Waals surface area contributed by atoms with Crippen molar-refractivity contribution in [3.05, 3.63) is 63.6 Å².